The van der Waals surface area contributed by atoms with Gasteiger partial charge in [-0.1, -0.05) is 46.9 Å². The van der Waals surface area contributed by atoms with Gasteiger partial charge in [0, 0.05) is 10.6 Å². The zero-order valence-electron chi connectivity index (χ0n) is 7.72. The van der Waals surface area contributed by atoms with E-state index >= 15 is 0 Å². The van der Waals surface area contributed by atoms with E-state index in [2.05, 4.69) is 9.97 Å². The third kappa shape index (κ3) is 2.26. The molecule has 6 heteroatoms. The molecule has 0 spiro atoms. The highest BCUT2D eigenvalue weighted by Crippen LogP contribution is 2.25. The average molecular weight is 278 g/mol. The van der Waals surface area contributed by atoms with Crippen LogP contribution in [0.1, 0.15) is 0 Å². The summed E-state index contributed by atoms with van der Waals surface area (Å²) in [7, 11) is 0. The Hall–Kier alpha value is -0.900. The van der Waals surface area contributed by atoms with Crippen molar-refractivity contribution in [2.24, 2.45) is 0 Å². The molecule has 0 aliphatic heterocycles. The van der Waals surface area contributed by atoms with Crippen molar-refractivity contribution < 1.29 is 4.39 Å². The summed E-state index contributed by atoms with van der Waals surface area (Å²) in [6.45, 7) is 0. The summed E-state index contributed by atoms with van der Waals surface area (Å²) < 4.78 is 13.1. The second kappa shape index (κ2) is 4.53. The minimum Gasteiger partial charge on any atom is -0.213 e. The fraction of sp³-hybridized carbons (Fsp3) is 0. The molecule has 1 aromatic carbocycles. The van der Waals surface area contributed by atoms with Gasteiger partial charge in [-0.25, -0.2) is 14.4 Å². The lowest BCUT2D eigenvalue weighted by atomic mass is 10.2. The third-order valence-electron chi connectivity index (χ3n) is 1.85. The standard InChI is InChI=1S/C10H4Cl3FN2/c11-6-3-1-2-5(4-6)10-15-8(12)7(14)9(13)16-10/h1-4H. The Balaban J connectivity index is 2.57. The normalized spacial score (nSPS) is 10.5. The third-order valence-corrected chi connectivity index (χ3v) is 2.59. The number of hydrogen-bond acceptors (Lipinski definition) is 2. The molecule has 0 N–H and O–H groups in total. The summed E-state index contributed by atoms with van der Waals surface area (Å²) in [6.07, 6.45) is 0. The van der Waals surface area contributed by atoms with Crippen molar-refractivity contribution in [3.05, 3.63) is 45.4 Å². The molecule has 1 heterocycles. The number of halogens is 4. The number of hydrogen-bond donors (Lipinski definition) is 0. The molecule has 0 aliphatic carbocycles. The van der Waals surface area contributed by atoms with E-state index in [1.165, 1.54) is 0 Å². The zero-order valence-corrected chi connectivity index (χ0v) is 9.98. The van der Waals surface area contributed by atoms with E-state index in [9.17, 15) is 4.39 Å². The molecule has 0 atom stereocenters. The van der Waals surface area contributed by atoms with Crippen LogP contribution in [-0.2, 0) is 0 Å². The lowest BCUT2D eigenvalue weighted by Crippen LogP contribution is -1.94. The molecule has 1 aromatic heterocycles. The second-order valence-corrected chi connectivity index (χ2v) is 4.11. The second-order valence-electron chi connectivity index (χ2n) is 2.95. The number of rotatable bonds is 1. The molecular weight excluding hydrogens is 273 g/mol. The van der Waals surface area contributed by atoms with Gasteiger partial charge in [0.1, 0.15) is 0 Å². The Morgan fingerprint density at radius 3 is 2.19 bits per heavy atom. The van der Waals surface area contributed by atoms with Crippen LogP contribution in [0.5, 0.6) is 0 Å². The maximum Gasteiger partial charge on any atom is 0.197 e. The van der Waals surface area contributed by atoms with Gasteiger partial charge in [-0.2, -0.15) is 0 Å². The fourth-order valence-corrected chi connectivity index (χ4v) is 1.73. The van der Waals surface area contributed by atoms with Crippen LogP contribution in [0.3, 0.4) is 0 Å². The molecule has 2 aromatic rings. The van der Waals surface area contributed by atoms with Crippen molar-refractivity contribution in [2.45, 2.75) is 0 Å². The predicted octanol–water partition coefficient (Wildman–Crippen LogP) is 4.24. The molecule has 2 nitrogen and oxygen atoms in total. The summed E-state index contributed by atoms with van der Waals surface area (Å²) in [5.41, 5.74) is 0.622. The maximum absolute atomic E-state index is 13.1. The van der Waals surface area contributed by atoms with E-state index in [-0.39, 0.29) is 16.1 Å². The first-order chi connectivity index (χ1) is 7.58. The first kappa shape index (κ1) is 11.6. The van der Waals surface area contributed by atoms with Crippen LogP contribution >= 0.6 is 34.8 Å². The first-order valence-electron chi connectivity index (χ1n) is 4.22. The highest BCUT2D eigenvalue weighted by atomic mass is 35.5. The Labute approximate surface area is 106 Å². The van der Waals surface area contributed by atoms with Crippen LogP contribution in [0.25, 0.3) is 11.4 Å². The molecule has 0 aliphatic rings. The maximum atomic E-state index is 13.1. The van der Waals surface area contributed by atoms with Gasteiger partial charge >= 0.3 is 0 Å². The largest absolute Gasteiger partial charge is 0.213 e. The minimum absolute atomic E-state index is 0.235. The molecule has 0 amide bonds. The fourth-order valence-electron chi connectivity index (χ4n) is 1.15. The molecule has 0 saturated carbocycles. The molecule has 0 bridgehead atoms. The number of nitrogens with zero attached hydrogens (tertiary/aromatic N) is 2. The molecule has 0 unspecified atom stereocenters. The van der Waals surface area contributed by atoms with Gasteiger partial charge in [0.2, 0.25) is 0 Å². The topological polar surface area (TPSA) is 25.8 Å². The number of benzene rings is 1. The van der Waals surface area contributed by atoms with E-state index in [0.29, 0.717) is 10.6 Å². The van der Waals surface area contributed by atoms with Crippen molar-refractivity contribution in [2.75, 3.05) is 0 Å². The molecule has 82 valence electrons. The van der Waals surface area contributed by atoms with Crippen LogP contribution in [-0.4, -0.2) is 9.97 Å². The van der Waals surface area contributed by atoms with Gasteiger partial charge in [0.25, 0.3) is 0 Å². The molecular formula is C10H4Cl3FN2. The molecule has 0 saturated heterocycles. The van der Waals surface area contributed by atoms with E-state index in [1.807, 2.05) is 0 Å². The summed E-state index contributed by atoms with van der Waals surface area (Å²) in [6, 6.07) is 6.80. The zero-order chi connectivity index (χ0) is 11.7. The summed E-state index contributed by atoms with van der Waals surface area (Å²) in [5.74, 6) is -0.590. The van der Waals surface area contributed by atoms with E-state index in [4.69, 9.17) is 34.8 Å². The van der Waals surface area contributed by atoms with E-state index in [0.717, 1.165) is 0 Å². The van der Waals surface area contributed by atoms with Crippen molar-refractivity contribution in [1.82, 2.24) is 9.97 Å². The molecule has 2 rings (SSSR count). The molecule has 0 fully saturated rings. The Bertz CT molecular complexity index is 522. The van der Waals surface area contributed by atoms with Crippen LogP contribution in [0.15, 0.2) is 24.3 Å². The Morgan fingerprint density at radius 2 is 1.62 bits per heavy atom. The van der Waals surface area contributed by atoms with Crippen LogP contribution in [0, 0.1) is 5.82 Å². The lowest BCUT2D eigenvalue weighted by Gasteiger charge is -2.03. The number of aromatic nitrogens is 2. The van der Waals surface area contributed by atoms with E-state index < -0.39 is 5.82 Å². The van der Waals surface area contributed by atoms with Crippen LogP contribution in [0.4, 0.5) is 4.39 Å². The highest BCUT2D eigenvalue weighted by molar-refractivity contribution is 6.33. The van der Waals surface area contributed by atoms with Gasteiger partial charge in [-0.15, -0.1) is 0 Å². The first-order valence-corrected chi connectivity index (χ1v) is 5.36. The SMILES string of the molecule is Fc1c(Cl)nc(-c2cccc(Cl)c2)nc1Cl. The van der Waals surface area contributed by atoms with Crippen LogP contribution in [0.2, 0.25) is 15.3 Å². The average Bonchev–Trinajstić information content (AvgIpc) is 2.25. The van der Waals surface area contributed by atoms with Gasteiger partial charge < -0.3 is 0 Å². The quantitative estimate of drug-likeness (QED) is 0.729. The van der Waals surface area contributed by atoms with Crippen LogP contribution < -0.4 is 0 Å². The monoisotopic (exact) mass is 276 g/mol. The van der Waals surface area contributed by atoms with Crippen molar-refractivity contribution >= 4 is 34.8 Å². The predicted molar refractivity (Wildman–Crippen MR) is 62.5 cm³/mol. The summed E-state index contributed by atoms with van der Waals surface area (Å²) in [4.78, 5) is 7.56. The molecule has 16 heavy (non-hydrogen) atoms. The van der Waals surface area contributed by atoms with Crippen molar-refractivity contribution in [3.63, 3.8) is 0 Å². The molecule has 0 radical (unpaired) electrons. The Morgan fingerprint density at radius 1 is 1.00 bits per heavy atom. The van der Waals surface area contributed by atoms with E-state index in [1.54, 1.807) is 24.3 Å². The van der Waals surface area contributed by atoms with Gasteiger partial charge in [0.15, 0.2) is 21.9 Å². The minimum atomic E-state index is -0.825. The Kier molecular flexibility index (Phi) is 3.28. The van der Waals surface area contributed by atoms with Gasteiger partial charge in [-0.3, -0.25) is 0 Å². The summed E-state index contributed by atoms with van der Waals surface area (Å²) >= 11 is 16.9. The van der Waals surface area contributed by atoms with Gasteiger partial charge in [-0.05, 0) is 12.1 Å². The lowest BCUT2D eigenvalue weighted by molar-refractivity contribution is 0.615. The summed E-state index contributed by atoms with van der Waals surface area (Å²) in [5, 5.41) is -0.0948. The highest BCUT2D eigenvalue weighted by Gasteiger charge is 2.12. The van der Waals surface area contributed by atoms with Crippen molar-refractivity contribution in [1.29, 1.82) is 0 Å². The van der Waals surface area contributed by atoms with Crippen molar-refractivity contribution in [3.8, 4) is 11.4 Å². The van der Waals surface area contributed by atoms with Gasteiger partial charge in [0.05, 0.1) is 0 Å². The smallest absolute Gasteiger partial charge is 0.197 e.